The Bertz CT molecular complexity index is 3820. The summed E-state index contributed by atoms with van der Waals surface area (Å²) in [5.41, 5.74) is 20.7. The number of hydrogen-bond donors (Lipinski definition) is 0. The van der Waals surface area contributed by atoms with Crippen LogP contribution in [0.3, 0.4) is 0 Å². The fraction of sp³-hybridized carbons (Fsp3) is 0.0588. The van der Waals surface area contributed by atoms with Crippen LogP contribution in [0.25, 0.3) is 55.3 Å². The number of hydrogen-bond acceptors (Lipinski definition) is 2. The highest BCUT2D eigenvalue weighted by Gasteiger charge is 2.50. The molecule has 0 saturated carbocycles. The van der Waals surface area contributed by atoms with Crippen LogP contribution in [-0.4, -0.2) is 0 Å². The number of nitrogens with zero attached hydrogens (tertiary/aromatic N) is 1. The van der Waals surface area contributed by atoms with Crippen molar-refractivity contribution in [2.24, 2.45) is 5.92 Å². The average Bonchev–Trinajstić information content (AvgIpc) is 4.07. The highest BCUT2D eigenvalue weighted by atomic mass is 16.3. The molecule has 2 heteroatoms. The standard InChI is InChI=1S/C68H47NO/c1-5-19-48(20-6-1)67(49-21-7-2-8-22-49)61-30-16-13-27-55(61)57-40-38-53(44-63(57)67)69(52-36-33-46(34-37-52)47-35-42-66-60(43-47)59-29-15-18-32-65(59)70-66)54-39-41-58-56-28-14-17-31-62(56)68(64(58)45-54,50-23-9-3-10-24-50)51-25-11-4-12-26-51/h1-25,27-45,51H,26H2. The SMILES string of the molecule is C1=CCC(C2(c3ccccc3)c3ccccc3-c3ccc(N(c4ccc(-c5ccc6oc7ccccc7c6c5)cc4)c4ccc5c(c4)C(c4ccccc4)(c4ccccc4)c4ccccc4-5)cc32)C=C1. The van der Waals surface area contributed by atoms with E-state index in [4.69, 9.17) is 4.42 Å². The van der Waals surface area contributed by atoms with Crippen molar-refractivity contribution in [2.75, 3.05) is 4.90 Å². The lowest BCUT2D eigenvalue weighted by Crippen LogP contribution is -2.35. The molecule has 11 aromatic rings. The Hall–Kier alpha value is -8.72. The number of rotatable bonds is 8. The first-order valence-corrected chi connectivity index (χ1v) is 24.5. The Morgan fingerprint density at radius 1 is 0.371 bits per heavy atom. The van der Waals surface area contributed by atoms with Gasteiger partial charge < -0.3 is 9.32 Å². The molecule has 0 spiro atoms. The fourth-order valence-electron chi connectivity index (χ4n) is 12.7. The van der Waals surface area contributed by atoms with E-state index in [2.05, 4.69) is 260 Å². The molecule has 330 valence electrons. The van der Waals surface area contributed by atoms with Crippen LogP contribution in [0.15, 0.2) is 271 Å². The van der Waals surface area contributed by atoms with Gasteiger partial charge in [-0.1, -0.05) is 212 Å². The minimum absolute atomic E-state index is 0.214. The van der Waals surface area contributed by atoms with Crippen LogP contribution in [0.2, 0.25) is 0 Å². The highest BCUT2D eigenvalue weighted by molar-refractivity contribution is 6.06. The van der Waals surface area contributed by atoms with Gasteiger partial charge in [0.1, 0.15) is 11.2 Å². The van der Waals surface area contributed by atoms with Gasteiger partial charge in [-0.2, -0.15) is 0 Å². The minimum atomic E-state index is -0.543. The summed E-state index contributed by atoms with van der Waals surface area (Å²) in [6, 6.07) is 90.1. The van der Waals surface area contributed by atoms with Crippen LogP contribution in [0, 0.1) is 5.92 Å². The number of fused-ring (bicyclic) bond motifs is 9. The molecule has 14 rings (SSSR count). The van der Waals surface area contributed by atoms with E-state index in [1.54, 1.807) is 0 Å². The van der Waals surface area contributed by atoms with Gasteiger partial charge in [-0.25, -0.2) is 0 Å². The van der Waals surface area contributed by atoms with Gasteiger partial charge in [0.25, 0.3) is 0 Å². The Morgan fingerprint density at radius 3 is 1.59 bits per heavy atom. The van der Waals surface area contributed by atoms with Gasteiger partial charge in [0.2, 0.25) is 0 Å². The number of allylic oxidation sites excluding steroid dienone is 4. The molecule has 0 amide bonds. The van der Waals surface area contributed by atoms with Gasteiger partial charge in [-0.05, 0) is 139 Å². The number of anilines is 3. The van der Waals surface area contributed by atoms with Crippen molar-refractivity contribution in [1.29, 1.82) is 0 Å². The second-order valence-electron chi connectivity index (χ2n) is 19.1. The highest BCUT2D eigenvalue weighted by Crippen LogP contribution is 2.60. The fourth-order valence-corrected chi connectivity index (χ4v) is 12.7. The average molecular weight is 894 g/mol. The molecule has 2 atom stereocenters. The second-order valence-corrected chi connectivity index (χ2v) is 19.1. The van der Waals surface area contributed by atoms with Gasteiger partial charge in [0.15, 0.2) is 0 Å². The topological polar surface area (TPSA) is 16.4 Å². The number of furan rings is 1. The van der Waals surface area contributed by atoms with Crippen molar-refractivity contribution < 1.29 is 4.42 Å². The molecular weight excluding hydrogens is 847 g/mol. The monoisotopic (exact) mass is 893 g/mol. The molecule has 2 unspecified atom stereocenters. The first kappa shape index (κ1) is 40.4. The van der Waals surface area contributed by atoms with E-state index in [1.807, 2.05) is 12.1 Å². The Kier molecular flexibility index (Phi) is 9.19. The van der Waals surface area contributed by atoms with E-state index in [9.17, 15) is 0 Å². The second kappa shape index (κ2) is 15.9. The number of para-hydroxylation sites is 1. The van der Waals surface area contributed by atoms with Crippen molar-refractivity contribution >= 4 is 39.0 Å². The van der Waals surface area contributed by atoms with Crippen LogP contribution in [0.5, 0.6) is 0 Å². The first-order chi connectivity index (χ1) is 34.7. The molecule has 1 heterocycles. The van der Waals surface area contributed by atoms with Crippen molar-refractivity contribution in [2.45, 2.75) is 17.3 Å². The maximum Gasteiger partial charge on any atom is 0.135 e. The lowest BCUT2D eigenvalue weighted by molar-refractivity contribution is 0.457. The molecule has 3 aliphatic carbocycles. The molecule has 0 saturated heterocycles. The van der Waals surface area contributed by atoms with Crippen molar-refractivity contribution in [3.05, 3.63) is 306 Å². The summed E-state index contributed by atoms with van der Waals surface area (Å²) in [6.45, 7) is 0. The third-order valence-corrected chi connectivity index (χ3v) is 15.6. The maximum absolute atomic E-state index is 6.24. The molecule has 70 heavy (non-hydrogen) atoms. The van der Waals surface area contributed by atoms with Crippen LogP contribution in [0.4, 0.5) is 17.1 Å². The Labute approximate surface area is 408 Å². The van der Waals surface area contributed by atoms with Gasteiger partial charge in [-0.15, -0.1) is 0 Å². The molecule has 10 aromatic carbocycles. The van der Waals surface area contributed by atoms with E-state index in [-0.39, 0.29) is 5.92 Å². The molecule has 0 bridgehead atoms. The van der Waals surface area contributed by atoms with Gasteiger partial charge in [0, 0.05) is 27.8 Å². The third kappa shape index (κ3) is 5.87. The van der Waals surface area contributed by atoms with Gasteiger partial charge in [0.05, 0.1) is 10.8 Å². The van der Waals surface area contributed by atoms with E-state index < -0.39 is 10.8 Å². The predicted octanol–water partition coefficient (Wildman–Crippen LogP) is 17.5. The minimum Gasteiger partial charge on any atom is -0.456 e. The number of benzene rings is 10. The molecule has 0 fully saturated rings. The summed E-state index contributed by atoms with van der Waals surface area (Å²) < 4.78 is 6.24. The summed E-state index contributed by atoms with van der Waals surface area (Å²) >= 11 is 0. The quantitative estimate of drug-likeness (QED) is 0.151. The molecule has 0 N–H and O–H groups in total. The summed E-state index contributed by atoms with van der Waals surface area (Å²) in [5, 5.41) is 2.26. The summed E-state index contributed by atoms with van der Waals surface area (Å²) in [6.07, 6.45) is 10.2. The van der Waals surface area contributed by atoms with Crippen molar-refractivity contribution in [1.82, 2.24) is 0 Å². The van der Waals surface area contributed by atoms with Crippen LogP contribution in [0.1, 0.15) is 45.4 Å². The van der Waals surface area contributed by atoms with Crippen molar-refractivity contribution in [3.63, 3.8) is 0 Å². The van der Waals surface area contributed by atoms with Crippen molar-refractivity contribution in [3.8, 4) is 33.4 Å². The maximum atomic E-state index is 6.24. The van der Waals surface area contributed by atoms with Crippen LogP contribution in [-0.2, 0) is 10.8 Å². The zero-order valence-electron chi connectivity index (χ0n) is 38.5. The molecule has 0 aliphatic heterocycles. The van der Waals surface area contributed by atoms with E-state index in [0.717, 1.165) is 56.5 Å². The summed E-state index contributed by atoms with van der Waals surface area (Å²) in [7, 11) is 0. The Morgan fingerprint density at radius 2 is 0.900 bits per heavy atom. The van der Waals surface area contributed by atoms with E-state index >= 15 is 0 Å². The van der Waals surface area contributed by atoms with E-state index in [0.29, 0.717) is 0 Å². The zero-order chi connectivity index (χ0) is 46.2. The normalized spacial score (nSPS) is 17.0. The summed E-state index contributed by atoms with van der Waals surface area (Å²) in [5.74, 6) is 0.214. The van der Waals surface area contributed by atoms with E-state index in [1.165, 1.54) is 61.2 Å². The molecule has 0 radical (unpaired) electrons. The lowest BCUT2D eigenvalue weighted by Gasteiger charge is -2.40. The first-order valence-electron chi connectivity index (χ1n) is 24.5. The van der Waals surface area contributed by atoms with Gasteiger partial charge in [-0.3, -0.25) is 0 Å². The summed E-state index contributed by atoms with van der Waals surface area (Å²) in [4.78, 5) is 2.50. The smallest absolute Gasteiger partial charge is 0.135 e. The predicted molar refractivity (Wildman–Crippen MR) is 289 cm³/mol. The molecule has 1 aromatic heterocycles. The van der Waals surface area contributed by atoms with Gasteiger partial charge >= 0.3 is 0 Å². The largest absolute Gasteiger partial charge is 0.456 e. The van der Waals surface area contributed by atoms with Crippen LogP contribution >= 0.6 is 0 Å². The zero-order valence-corrected chi connectivity index (χ0v) is 38.5. The molecule has 3 aliphatic rings. The Balaban J connectivity index is 1.00. The molecular formula is C68H47NO. The van der Waals surface area contributed by atoms with Crippen LogP contribution < -0.4 is 4.90 Å². The molecule has 2 nitrogen and oxygen atoms in total. The lowest BCUT2D eigenvalue weighted by atomic mass is 9.62. The third-order valence-electron chi connectivity index (χ3n) is 15.6.